The van der Waals surface area contributed by atoms with Crippen LogP contribution in [-0.2, 0) is 9.59 Å². The minimum absolute atomic E-state index is 0.0591. The van der Waals surface area contributed by atoms with Crippen molar-refractivity contribution in [3.05, 3.63) is 0 Å². The Morgan fingerprint density at radius 2 is 2.29 bits per heavy atom. The van der Waals surface area contributed by atoms with Gasteiger partial charge in [-0.15, -0.1) is 0 Å². The van der Waals surface area contributed by atoms with Crippen LogP contribution in [0.5, 0.6) is 0 Å². The summed E-state index contributed by atoms with van der Waals surface area (Å²) in [7, 11) is 1.97. The van der Waals surface area contributed by atoms with Gasteiger partial charge in [0.2, 0.25) is 5.91 Å². The van der Waals surface area contributed by atoms with E-state index in [1.807, 2.05) is 13.3 Å². The fourth-order valence-electron chi connectivity index (χ4n) is 1.93. The highest BCUT2D eigenvalue weighted by molar-refractivity contribution is 7.98. The highest BCUT2D eigenvalue weighted by Crippen LogP contribution is 2.14. The maximum atomic E-state index is 11.9. The lowest BCUT2D eigenvalue weighted by atomic mass is 10.1. The van der Waals surface area contributed by atoms with Gasteiger partial charge in [0.15, 0.2) is 0 Å². The van der Waals surface area contributed by atoms with Gasteiger partial charge in [0, 0.05) is 6.54 Å². The standard InChI is InChI=1S/C11H20N2O3S/c1-13-5-3-8(7-13)10(14)12-9(11(15)16)4-6-17-2/h8-9H,3-7H2,1-2H3,(H,12,14)(H,15,16)/t8?,9-/m1/s1. The van der Waals surface area contributed by atoms with E-state index in [1.54, 1.807) is 11.8 Å². The number of thioether (sulfide) groups is 1. The second-order valence-electron chi connectivity index (χ2n) is 4.43. The van der Waals surface area contributed by atoms with Crippen LogP contribution in [0.2, 0.25) is 0 Å². The lowest BCUT2D eigenvalue weighted by Crippen LogP contribution is -2.44. The van der Waals surface area contributed by atoms with Crippen molar-refractivity contribution in [2.75, 3.05) is 32.1 Å². The van der Waals surface area contributed by atoms with Gasteiger partial charge in [0.1, 0.15) is 6.04 Å². The van der Waals surface area contributed by atoms with Crippen molar-refractivity contribution < 1.29 is 14.7 Å². The molecule has 1 fully saturated rings. The fourth-order valence-corrected chi connectivity index (χ4v) is 2.40. The molecule has 0 aromatic carbocycles. The van der Waals surface area contributed by atoms with Crippen molar-refractivity contribution in [3.8, 4) is 0 Å². The molecule has 0 aromatic heterocycles. The van der Waals surface area contributed by atoms with Gasteiger partial charge in [-0.2, -0.15) is 11.8 Å². The van der Waals surface area contributed by atoms with Crippen LogP contribution in [0.15, 0.2) is 0 Å². The Morgan fingerprint density at radius 1 is 1.59 bits per heavy atom. The number of rotatable bonds is 6. The minimum Gasteiger partial charge on any atom is -0.480 e. The van der Waals surface area contributed by atoms with Crippen LogP contribution >= 0.6 is 11.8 Å². The molecule has 1 aliphatic heterocycles. The lowest BCUT2D eigenvalue weighted by Gasteiger charge is -2.17. The Hall–Kier alpha value is -0.750. The van der Waals surface area contributed by atoms with Crippen LogP contribution in [-0.4, -0.2) is 60.1 Å². The number of hydrogen-bond acceptors (Lipinski definition) is 4. The number of carboxylic acid groups (broad SMARTS) is 1. The molecule has 2 atom stereocenters. The number of amides is 1. The Balaban J connectivity index is 2.43. The average Bonchev–Trinajstić information content (AvgIpc) is 2.70. The van der Waals surface area contributed by atoms with E-state index in [1.165, 1.54) is 0 Å². The third kappa shape index (κ3) is 4.55. The number of carbonyl (C=O) groups is 2. The third-order valence-corrected chi connectivity index (χ3v) is 3.63. The van der Waals surface area contributed by atoms with Gasteiger partial charge < -0.3 is 15.3 Å². The number of hydrogen-bond donors (Lipinski definition) is 2. The zero-order valence-corrected chi connectivity index (χ0v) is 11.1. The zero-order chi connectivity index (χ0) is 12.8. The first-order valence-electron chi connectivity index (χ1n) is 5.75. The SMILES string of the molecule is CSCC[C@@H](NC(=O)C1CCN(C)C1)C(=O)O. The van der Waals surface area contributed by atoms with Crippen LogP contribution in [0.3, 0.4) is 0 Å². The predicted octanol–water partition coefficient (Wildman–Crippen LogP) is 0.261. The normalized spacial score (nSPS) is 22.4. The van der Waals surface area contributed by atoms with E-state index in [4.69, 9.17) is 5.11 Å². The Kier molecular flexibility index (Phi) is 5.77. The molecule has 2 N–H and O–H groups in total. The first kappa shape index (κ1) is 14.3. The summed E-state index contributed by atoms with van der Waals surface area (Å²) in [6.45, 7) is 1.63. The summed E-state index contributed by atoms with van der Waals surface area (Å²) in [5, 5.41) is 11.6. The predicted molar refractivity (Wildman–Crippen MR) is 68.2 cm³/mol. The highest BCUT2D eigenvalue weighted by Gasteiger charge is 2.29. The van der Waals surface area contributed by atoms with Gasteiger partial charge in [-0.3, -0.25) is 4.79 Å². The molecule has 98 valence electrons. The molecule has 1 amide bonds. The summed E-state index contributed by atoms with van der Waals surface area (Å²) in [6, 6.07) is -0.749. The summed E-state index contributed by atoms with van der Waals surface area (Å²) < 4.78 is 0. The molecular weight excluding hydrogens is 240 g/mol. The summed E-state index contributed by atoms with van der Waals surface area (Å²) >= 11 is 1.58. The second-order valence-corrected chi connectivity index (χ2v) is 5.41. The van der Waals surface area contributed by atoms with Crippen molar-refractivity contribution in [2.24, 2.45) is 5.92 Å². The van der Waals surface area contributed by atoms with Gasteiger partial charge in [0.05, 0.1) is 5.92 Å². The maximum absolute atomic E-state index is 11.9. The quantitative estimate of drug-likeness (QED) is 0.717. The van der Waals surface area contributed by atoms with Crippen molar-refractivity contribution >= 4 is 23.6 Å². The van der Waals surface area contributed by atoms with Crippen LogP contribution in [0.25, 0.3) is 0 Å². The van der Waals surface area contributed by atoms with Crippen molar-refractivity contribution in [1.29, 1.82) is 0 Å². The monoisotopic (exact) mass is 260 g/mol. The Labute approximate surface area is 106 Å². The van der Waals surface area contributed by atoms with Gasteiger partial charge in [-0.05, 0) is 38.4 Å². The largest absolute Gasteiger partial charge is 0.480 e. The van der Waals surface area contributed by atoms with Gasteiger partial charge >= 0.3 is 5.97 Å². The first-order chi connectivity index (χ1) is 8.04. The number of carboxylic acids is 1. The van der Waals surface area contributed by atoms with Crippen molar-refractivity contribution in [3.63, 3.8) is 0 Å². The van der Waals surface area contributed by atoms with E-state index in [-0.39, 0.29) is 11.8 Å². The van der Waals surface area contributed by atoms with E-state index in [0.29, 0.717) is 6.42 Å². The van der Waals surface area contributed by atoms with Crippen LogP contribution in [0.4, 0.5) is 0 Å². The highest BCUT2D eigenvalue weighted by atomic mass is 32.2. The molecule has 1 unspecified atom stereocenters. The van der Waals surface area contributed by atoms with E-state index in [9.17, 15) is 9.59 Å². The molecule has 1 heterocycles. The van der Waals surface area contributed by atoms with Crippen LogP contribution < -0.4 is 5.32 Å². The van der Waals surface area contributed by atoms with E-state index < -0.39 is 12.0 Å². The Bertz CT molecular complexity index is 286. The summed E-state index contributed by atoms with van der Waals surface area (Å²) in [5.41, 5.74) is 0. The molecule has 5 nitrogen and oxygen atoms in total. The molecule has 1 aliphatic rings. The second kappa shape index (κ2) is 6.86. The first-order valence-corrected chi connectivity index (χ1v) is 7.14. The van der Waals surface area contributed by atoms with E-state index in [0.717, 1.165) is 25.3 Å². The molecule has 0 aromatic rings. The molecule has 0 spiro atoms. The zero-order valence-electron chi connectivity index (χ0n) is 10.3. The summed E-state index contributed by atoms with van der Waals surface area (Å²) in [5.74, 6) is -0.389. The molecule has 0 saturated carbocycles. The molecule has 17 heavy (non-hydrogen) atoms. The minimum atomic E-state index is -0.946. The number of aliphatic carboxylic acids is 1. The Morgan fingerprint density at radius 3 is 2.76 bits per heavy atom. The number of nitrogens with one attached hydrogen (secondary N) is 1. The van der Waals surface area contributed by atoms with Gasteiger partial charge in [-0.1, -0.05) is 0 Å². The van der Waals surface area contributed by atoms with Crippen molar-refractivity contribution in [2.45, 2.75) is 18.9 Å². The third-order valence-electron chi connectivity index (χ3n) is 2.99. The average molecular weight is 260 g/mol. The van der Waals surface area contributed by atoms with E-state index in [2.05, 4.69) is 10.2 Å². The molecule has 1 saturated heterocycles. The summed E-state index contributed by atoms with van der Waals surface area (Å²) in [6.07, 6.45) is 3.22. The maximum Gasteiger partial charge on any atom is 0.326 e. The fraction of sp³-hybridized carbons (Fsp3) is 0.818. The topological polar surface area (TPSA) is 69.6 Å². The van der Waals surface area contributed by atoms with Crippen LogP contribution in [0, 0.1) is 5.92 Å². The lowest BCUT2D eigenvalue weighted by molar-refractivity contribution is -0.142. The molecule has 6 heteroatoms. The van der Waals surface area contributed by atoms with Gasteiger partial charge in [0.25, 0.3) is 0 Å². The molecule has 0 radical (unpaired) electrons. The number of likely N-dealkylation sites (tertiary alicyclic amines) is 1. The molecule has 1 rings (SSSR count). The summed E-state index contributed by atoms with van der Waals surface area (Å²) in [4.78, 5) is 24.9. The molecular formula is C11H20N2O3S. The van der Waals surface area contributed by atoms with Gasteiger partial charge in [-0.25, -0.2) is 4.79 Å². The molecule has 0 bridgehead atoms. The smallest absolute Gasteiger partial charge is 0.326 e. The number of nitrogens with zero attached hydrogens (tertiary/aromatic N) is 1. The van der Waals surface area contributed by atoms with E-state index >= 15 is 0 Å². The van der Waals surface area contributed by atoms with Crippen molar-refractivity contribution in [1.82, 2.24) is 10.2 Å². The number of carbonyl (C=O) groups excluding carboxylic acids is 1. The molecule has 0 aliphatic carbocycles. The van der Waals surface area contributed by atoms with Crippen LogP contribution in [0.1, 0.15) is 12.8 Å².